The summed E-state index contributed by atoms with van der Waals surface area (Å²) in [5.74, 6) is 5.29. The maximum atomic E-state index is 12.1. The zero-order chi connectivity index (χ0) is 19.2. The number of fused-ring (bicyclic) bond motifs is 5. The van der Waals surface area contributed by atoms with E-state index in [4.69, 9.17) is 16.4 Å². The molecular weight excluding hydrogens is 338 g/mol. The molecule has 0 radical (unpaired) electrons. The van der Waals surface area contributed by atoms with Gasteiger partial charge in [-0.1, -0.05) is 30.5 Å². The van der Waals surface area contributed by atoms with E-state index in [1.807, 2.05) is 6.92 Å². The standard InChI is InChI=1S/C23H31NO3/c1-4-21(25)27-23(5-2)13-11-20-19-8-6-15-14-16(24-26)7-9-17(15)18(19)10-12-22(20,23)3/h2,14,17-20,26H,4,6-13H2,1,3H3/b24-16+/t17-,18+,19+,20-,22-,23-/m0/s1. The van der Waals surface area contributed by atoms with Crippen LogP contribution in [-0.2, 0) is 9.53 Å². The number of carbonyl (C=O) groups is 1. The SMILES string of the molecule is C#C[C@]1(OC(=O)CC)CC[C@H]2[C@@H]3CCC4=C/C(=N/O)CC[C@@H]4[C@H]3CC[C@@]21C. The fourth-order valence-electron chi connectivity index (χ4n) is 6.97. The molecule has 1 N–H and O–H groups in total. The van der Waals surface area contributed by atoms with E-state index < -0.39 is 5.60 Å². The molecule has 0 aromatic rings. The summed E-state index contributed by atoms with van der Waals surface area (Å²) in [6, 6.07) is 0. The van der Waals surface area contributed by atoms with Gasteiger partial charge in [-0.05, 0) is 81.1 Å². The van der Waals surface area contributed by atoms with Gasteiger partial charge < -0.3 is 9.94 Å². The highest BCUT2D eigenvalue weighted by Gasteiger charge is 2.64. The van der Waals surface area contributed by atoms with Crippen LogP contribution >= 0.6 is 0 Å². The predicted octanol–water partition coefficient (Wildman–Crippen LogP) is 4.71. The molecule has 0 amide bonds. The Bertz CT molecular complexity index is 732. The van der Waals surface area contributed by atoms with Crippen molar-refractivity contribution in [3.8, 4) is 12.3 Å². The molecule has 0 aromatic carbocycles. The summed E-state index contributed by atoms with van der Waals surface area (Å²) < 4.78 is 5.95. The third-order valence-electron chi connectivity index (χ3n) is 8.37. The third kappa shape index (κ3) is 2.65. The summed E-state index contributed by atoms with van der Waals surface area (Å²) in [4.78, 5) is 12.1. The maximum Gasteiger partial charge on any atom is 0.307 e. The summed E-state index contributed by atoms with van der Waals surface area (Å²) in [5.41, 5.74) is 1.48. The zero-order valence-corrected chi connectivity index (χ0v) is 16.5. The van der Waals surface area contributed by atoms with Gasteiger partial charge in [0, 0.05) is 11.8 Å². The Kier molecular flexibility index (Phi) is 4.61. The fraction of sp³-hybridized carbons (Fsp3) is 0.739. The molecule has 4 aliphatic carbocycles. The molecule has 27 heavy (non-hydrogen) atoms. The summed E-state index contributed by atoms with van der Waals surface area (Å²) in [7, 11) is 0. The summed E-state index contributed by atoms with van der Waals surface area (Å²) >= 11 is 0. The second-order valence-corrected chi connectivity index (χ2v) is 9.22. The van der Waals surface area contributed by atoms with Gasteiger partial charge in [-0.15, -0.1) is 6.42 Å². The second-order valence-electron chi connectivity index (χ2n) is 9.22. The number of terminal acetylenes is 1. The zero-order valence-electron chi connectivity index (χ0n) is 16.5. The number of allylic oxidation sites excluding steroid dienone is 2. The van der Waals surface area contributed by atoms with Crippen molar-refractivity contribution < 1.29 is 14.7 Å². The lowest BCUT2D eigenvalue weighted by Gasteiger charge is -2.55. The highest BCUT2D eigenvalue weighted by Crippen LogP contribution is 2.65. The molecule has 4 rings (SSSR count). The van der Waals surface area contributed by atoms with Gasteiger partial charge in [-0.25, -0.2) is 0 Å². The molecule has 0 unspecified atom stereocenters. The van der Waals surface area contributed by atoms with Crippen molar-refractivity contribution >= 4 is 11.7 Å². The number of rotatable bonds is 2. The number of ether oxygens (including phenoxy) is 1. The van der Waals surface area contributed by atoms with Crippen LogP contribution in [0.3, 0.4) is 0 Å². The molecule has 0 aromatic heterocycles. The van der Waals surface area contributed by atoms with E-state index in [0.29, 0.717) is 30.1 Å². The van der Waals surface area contributed by atoms with Gasteiger partial charge in [-0.2, -0.15) is 0 Å². The highest BCUT2D eigenvalue weighted by atomic mass is 16.6. The molecule has 3 fully saturated rings. The largest absolute Gasteiger partial charge is 0.445 e. The molecule has 146 valence electrons. The topological polar surface area (TPSA) is 58.9 Å². The fourth-order valence-corrected chi connectivity index (χ4v) is 6.97. The molecule has 0 saturated heterocycles. The molecule has 4 nitrogen and oxygen atoms in total. The van der Waals surface area contributed by atoms with Crippen LogP contribution in [0.15, 0.2) is 16.8 Å². The Morgan fingerprint density at radius 3 is 2.81 bits per heavy atom. The van der Waals surface area contributed by atoms with Gasteiger partial charge in [0.1, 0.15) is 0 Å². The number of esters is 1. The minimum absolute atomic E-state index is 0.110. The first-order chi connectivity index (χ1) is 13.0. The van der Waals surface area contributed by atoms with Crippen LogP contribution in [0.25, 0.3) is 0 Å². The lowest BCUT2D eigenvalue weighted by atomic mass is 9.50. The monoisotopic (exact) mass is 369 g/mol. The molecule has 0 spiro atoms. The van der Waals surface area contributed by atoms with E-state index in [9.17, 15) is 4.79 Å². The Balaban J connectivity index is 1.61. The Labute approximate surface area is 162 Å². The molecule has 0 bridgehead atoms. The van der Waals surface area contributed by atoms with E-state index >= 15 is 0 Å². The molecule has 4 aliphatic rings. The van der Waals surface area contributed by atoms with E-state index in [1.165, 1.54) is 12.0 Å². The van der Waals surface area contributed by atoms with Crippen LogP contribution < -0.4 is 0 Å². The number of carbonyl (C=O) groups excluding carboxylic acids is 1. The minimum Gasteiger partial charge on any atom is -0.445 e. The Morgan fingerprint density at radius 2 is 2.11 bits per heavy atom. The highest BCUT2D eigenvalue weighted by molar-refractivity contribution is 5.96. The van der Waals surface area contributed by atoms with Gasteiger partial charge >= 0.3 is 5.97 Å². The van der Waals surface area contributed by atoms with Crippen LogP contribution in [0.1, 0.15) is 71.6 Å². The smallest absolute Gasteiger partial charge is 0.307 e. The van der Waals surface area contributed by atoms with Gasteiger partial charge in [0.15, 0.2) is 5.60 Å². The maximum absolute atomic E-state index is 12.1. The van der Waals surface area contributed by atoms with E-state index in [1.54, 1.807) is 0 Å². The third-order valence-corrected chi connectivity index (χ3v) is 8.37. The molecule has 0 heterocycles. The molecule has 3 saturated carbocycles. The number of oxime groups is 1. The Morgan fingerprint density at radius 1 is 1.30 bits per heavy atom. The molecule has 4 heteroatoms. The molecule has 6 atom stereocenters. The first kappa shape index (κ1) is 18.6. The lowest BCUT2D eigenvalue weighted by Crippen LogP contribution is -2.53. The van der Waals surface area contributed by atoms with Gasteiger partial charge in [0.2, 0.25) is 0 Å². The van der Waals surface area contributed by atoms with E-state index in [0.717, 1.165) is 50.7 Å². The number of hydrogen-bond acceptors (Lipinski definition) is 4. The van der Waals surface area contributed by atoms with Crippen molar-refractivity contribution in [2.24, 2.45) is 34.2 Å². The predicted molar refractivity (Wildman–Crippen MR) is 104 cm³/mol. The van der Waals surface area contributed by atoms with Crippen LogP contribution in [0, 0.1) is 41.4 Å². The summed E-state index contributed by atoms with van der Waals surface area (Å²) in [6.45, 7) is 4.12. The van der Waals surface area contributed by atoms with Gasteiger partial charge in [0.05, 0.1) is 5.71 Å². The second kappa shape index (κ2) is 6.69. The first-order valence-electron chi connectivity index (χ1n) is 10.6. The molecular formula is C23H31NO3. The van der Waals surface area contributed by atoms with Gasteiger partial charge in [0.25, 0.3) is 0 Å². The quantitative estimate of drug-likeness (QED) is 0.332. The molecule has 0 aliphatic heterocycles. The first-order valence-corrected chi connectivity index (χ1v) is 10.6. The average Bonchev–Trinajstić information content (AvgIpc) is 2.99. The van der Waals surface area contributed by atoms with Crippen LogP contribution in [0.2, 0.25) is 0 Å². The van der Waals surface area contributed by atoms with E-state index in [2.05, 4.69) is 24.1 Å². The van der Waals surface area contributed by atoms with Crippen molar-refractivity contribution in [1.29, 1.82) is 0 Å². The lowest BCUT2D eigenvalue weighted by molar-refractivity contribution is -0.169. The number of nitrogens with zero attached hydrogens (tertiary/aromatic N) is 1. The van der Waals surface area contributed by atoms with E-state index in [-0.39, 0.29) is 11.4 Å². The van der Waals surface area contributed by atoms with Crippen LogP contribution in [0.4, 0.5) is 0 Å². The minimum atomic E-state index is -0.727. The Hall–Kier alpha value is -1.76. The van der Waals surface area contributed by atoms with Crippen molar-refractivity contribution in [2.45, 2.75) is 77.2 Å². The number of hydrogen-bond donors (Lipinski definition) is 1. The van der Waals surface area contributed by atoms with Crippen LogP contribution in [-0.4, -0.2) is 22.5 Å². The van der Waals surface area contributed by atoms with Crippen molar-refractivity contribution in [3.63, 3.8) is 0 Å². The van der Waals surface area contributed by atoms with Crippen LogP contribution in [0.5, 0.6) is 0 Å². The summed E-state index contributed by atoms with van der Waals surface area (Å²) in [5, 5.41) is 12.6. The van der Waals surface area contributed by atoms with Crippen molar-refractivity contribution in [1.82, 2.24) is 0 Å². The normalized spacial score (nSPS) is 44.5. The van der Waals surface area contributed by atoms with Crippen molar-refractivity contribution in [3.05, 3.63) is 11.6 Å². The van der Waals surface area contributed by atoms with Gasteiger partial charge in [-0.3, -0.25) is 4.79 Å². The average molecular weight is 370 g/mol. The van der Waals surface area contributed by atoms with Crippen molar-refractivity contribution in [2.75, 3.05) is 0 Å². The summed E-state index contributed by atoms with van der Waals surface area (Å²) in [6.07, 6.45) is 16.8.